The number of amides is 1. The zero-order valence-electron chi connectivity index (χ0n) is 50.1. The van der Waals surface area contributed by atoms with Crippen molar-refractivity contribution in [1.82, 2.24) is 4.90 Å². The van der Waals surface area contributed by atoms with Gasteiger partial charge in [0.25, 0.3) is 0 Å². The molecule has 0 aromatic carbocycles. The third kappa shape index (κ3) is 54.9. The molecule has 0 spiro atoms. The lowest BCUT2D eigenvalue weighted by molar-refractivity contribution is -0.149. The highest BCUT2D eigenvalue weighted by Crippen LogP contribution is 2.22. The number of carbonyl (C=O) groups is 2. The van der Waals surface area contributed by atoms with Crippen LogP contribution in [0.15, 0.2) is 12.2 Å². The number of nitrogens with zero attached hydrogens (tertiary/aromatic N) is 1. The molecule has 1 unspecified atom stereocenters. The minimum atomic E-state index is -0.236. The monoisotopic (exact) mass is 1010 g/mol. The van der Waals surface area contributed by atoms with Gasteiger partial charge in [-0.3, -0.25) is 9.59 Å². The maximum absolute atomic E-state index is 14.2. The maximum Gasteiger partial charge on any atom is 0.306 e. The van der Waals surface area contributed by atoms with E-state index in [0.29, 0.717) is 6.61 Å². The molecule has 0 saturated carbocycles. The van der Waals surface area contributed by atoms with E-state index in [1.54, 1.807) is 0 Å². The summed E-state index contributed by atoms with van der Waals surface area (Å²) in [7, 11) is 0. The molecular weight excluding hydrogens is 879 g/mol. The molecule has 0 aromatic heterocycles. The van der Waals surface area contributed by atoms with E-state index in [1.807, 2.05) is 0 Å². The molecule has 0 aliphatic carbocycles. The van der Waals surface area contributed by atoms with E-state index in [2.05, 4.69) is 44.7 Å². The highest BCUT2D eigenvalue weighted by molar-refractivity contribution is 5.83. The van der Waals surface area contributed by atoms with Crippen molar-refractivity contribution in [3.05, 3.63) is 12.2 Å². The van der Waals surface area contributed by atoms with E-state index in [-0.39, 0.29) is 24.2 Å². The topological polar surface area (TPSA) is 46.6 Å². The summed E-state index contributed by atoms with van der Waals surface area (Å²) in [5, 5.41) is 0. The molecule has 1 amide bonds. The Morgan fingerprint density at radius 1 is 0.319 bits per heavy atom. The lowest BCUT2D eigenvalue weighted by Crippen LogP contribution is -2.38. The molecule has 1 atom stereocenters. The van der Waals surface area contributed by atoms with E-state index in [1.165, 1.54) is 308 Å². The third-order valence-corrected chi connectivity index (χ3v) is 16.0. The minimum absolute atomic E-state index is 0.161. The molecular formula is C68H133NO3. The number of hydrogen-bond acceptors (Lipinski definition) is 3. The van der Waals surface area contributed by atoms with E-state index < -0.39 is 0 Å². The predicted molar refractivity (Wildman–Crippen MR) is 321 cm³/mol. The maximum atomic E-state index is 14.2. The molecule has 0 aliphatic heterocycles. The van der Waals surface area contributed by atoms with Gasteiger partial charge in [0.05, 0.1) is 13.0 Å². The highest BCUT2D eigenvalue weighted by atomic mass is 16.5. The quantitative estimate of drug-likeness (QED) is 0.0346. The van der Waals surface area contributed by atoms with Crippen LogP contribution >= 0.6 is 0 Å². The molecule has 72 heavy (non-hydrogen) atoms. The van der Waals surface area contributed by atoms with Crippen LogP contribution in [0.4, 0.5) is 0 Å². The number of rotatable bonds is 62. The number of allylic oxidation sites excluding steroid dienone is 2. The van der Waals surface area contributed by atoms with Gasteiger partial charge in [-0.1, -0.05) is 342 Å². The third-order valence-electron chi connectivity index (χ3n) is 16.0. The zero-order valence-corrected chi connectivity index (χ0v) is 50.1. The average Bonchev–Trinajstić information content (AvgIpc) is 3.38. The van der Waals surface area contributed by atoms with Gasteiger partial charge < -0.3 is 9.64 Å². The molecule has 0 aromatic rings. The Morgan fingerprint density at radius 2 is 0.569 bits per heavy atom. The summed E-state index contributed by atoms with van der Waals surface area (Å²) in [5.74, 6) is -0.173. The van der Waals surface area contributed by atoms with Crippen molar-refractivity contribution in [3.63, 3.8) is 0 Å². The first-order valence-corrected chi connectivity index (χ1v) is 33.7. The van der Waals surface area contributed by atoms with Crippen LogP contribution in [0.2, 0.25) is 0 Å². The second-order valence-electron chi connectivity index (χ2n) is 23.3. The summed E-state index contributed by atoms with van der Waals surface area (Å²) in [6.07, 6.45) is 78.3. The fourth-order valence-electron chi connectivity index (χ4n) is 10.9. The van der Waals surface area contributed by atoms with Crippen molar-refractivity contribution >= 4 is 11.9 Å². The first-order chi connectivity index (χ1) is 35.6. The lowest BCUT2D eigenvalue weighted by Gasteiger charge is -2.27. The van der Waals surface area contributed by atoms with E-state index in [9.17, 15) is 9.59 Å². The van der Waals surface area contributed by atoms with Crippen LogP contribution in [0.3, 0.4) is 0 Å². The zero-order chi connectivity index (χ0) is 52.2. The van der Waals surface area contributed by atoms with Gasteiger partial charge in [0.15, 0.2) is 0 Å². The van der Waals surface area contributed by atoms with Crippen LogP contribution in [-0.2, 0) is 14.3 Å². The summed E-state index contributed by atoms with van der Waals surface area (Å²) in [4.78, 5) is 29.5. The Balaban J connectivity index is 4.07. The fourth-order valence-corrected chi connectivity index (χ4v) is 10.9. The molecule has 0 fully saturated rings. The number of unbranched alkanes of at least 4 members (excludes halogenated alkanes) is 49. The molecule has 4 heteroatoms. The van der Waals surface area contributed by atoms with Crippen molar-refractivity contribution in [2.24, 2.45) is 5.92 Å². The van der Waals surface area contributed by atoms with Crippen LogP contribution in [-0.4, -0.2) is 36.5 Å². The molecule has 428 valence electrons. The Hall–Kier alpha value is -1.32. The van der Waals surface area contributed by atoms with E-state index in [4.69, 9.17) is 4.74 Å². The molecule has 0 saturated heterocycles. The first-order valence-electron chi connectivity index (χ1n) is 33.7. The second kappa shape index (κ2) is 62.2. The number of ether oxygens (including phenoxy) is 1. The number of hydrogen-bond donors (Lipinski definition) is 0. The summed E-state index contributed by atoms with van der Waals surface area (Å²) in [6, 6.07) is 0. The van der Waals surface area contributed by atoms with Gasteiger partial charge in [-0.25, -0.2) is 0 Å². The minimum Gasteiger partial charge on any atom is -0.466 e. The molecule has 0 aliphatic rings. The predicted octanol–water partition coefficient (Wildman–Crippen LogP) is 23.5. The summed E-state index contributed by atoms with van der Waals surface area (Å²) >= 11 is 0. The summed E-state index contributed by atoms with van der Waals surface area (Å²) in [6.45, 7) is 11.3. The highest BCUT2D eigenvalue weighted by Gasteiger charge is 2.27. The lowest BCUT2D eigenvalue weighted by atomic mass is 9.95. The van der Waals surface area contributed by atoms with Gasteiger partial charge in [0, 0.05) is 19.0 Å². The number of esters is 1. The fraction of sp³-hybridized carbons (Fsp3) is 0.941. The van der Waals surface area contributed by atoms with Gasteiger partial charge in [-0.2, -0.15) is 0 Å². The Bertz CT molecular complexity index is 1060. The molecule has 0 radical (unpaired) electrons. The smallest absolute Gasteiger partial charge is 0.306 e. The Morgan fingerprint density at radius 3 is 0.875 bits per heavy atom. The largest absolute Gasteiger partial charge is 0.466 e. The molecule has 0 bridgehead atoms. The van der Waals surface area contributed by atoms with Crippen LogP contribution in [0.25, 0.3) is 0 Å². The van der Waals surface area contributed by atoms with Gasteiger partial charge in [-0.15, -0.1) is 0 Å². The normalized spacial score (nSPS) is 12.1. The van der Waals surface area contributed by atoms with Crippen LogP contribution in [0, 0.1) is 5.92 Å². The van der Waals surface area contributed by atoms with Crippen molar-refractivity contribution in [1.29, 1.82) is 0 Å². The van der Waals surface area contributed by atoms with Crippen molar-refractivity contribution in [2.45, 2.75) is 387 Å². The van der Waals surface area contributed by atoms with E-state index >= 15 is 0 Å². The molecule has 0 rings (SSSR count). The van der Waals surface area contributed by atoms with Crippen LogP contribution < -0.4 is 0 Å². The van der Waals surface area contributed by atoms with Crippen molar-refractivity contribution < 1.29 is 14.3 Å². The van der Waals surface area contributed by atoms with Gasteiger partial charge in [-0.05, 0) is 51.4 Å². The Labute approximate surface area is 454 Å². The molecule has 0 heterocycles. The average molecular weight is 1010 g/mol. The SMILES string of the molecule is CCCCCCCCCCCCCCCCCCCCCCCCCCCCCC/C=C/CCCCCCCCC(CC(=O)OCCCCCCCC)C(=O)N(CCCCCCCC)CCCCCCCC. The van der Waals surface area contributed by atoms with Gasteiger partial charge in [0.1, 0.15) is 0 Å². The number of carbonyl (C=O) groups excluding carboxylic acids is 2. The van der Waals surface area contributed by atoms with Gasteiger partial charge >= 0.3 is 5.97 Å². The molecule has 4 nitrogen and oxygen atoms in total. The standard InChI is InChI=1S/C68H133NO3/c1-5-9-13-17-21-22-23-24-25-26-27-28-29-30-31-32-33-34-35-36-37-38-39-40-41-42-43-44-45-46-47-48-49-50-51-52-53-57-61-66(65-67(70)72-64-60-56-20-16-12-8-4)68(71)69(62-58-54-18-14-10-6-2)63-59-55-19-15-11-7-3/h46-47,66H,5-45,48-65H2,1-4H3/b47-46+. The van der Waals surface area contributed by atoms with Crippen molar-refractivity contribution in [2.75, 3.05) is 19.7 Å². The van der Waals surface area contributed by atoms with E-state index in [0.717, 1.165) is 58.0 Å². The molecule has 0 N–H and O–H groups in total. The van der Waals surface area contributed by atoms with Gasteiger partial charge in [0.2, 0.25) is 5.91 Å². The van der Waals surface area contributed by atoms with Crippen molar-refractivity contribution in [3.8, 4) is 0 Å². The summed E-state index contributed by atoms with van der Waals surface area (Å²) < 4.78 is 5.74. The van der Waals surface area contributed by atoms with Crippen LogP contribution in [0.1, 0.15) is 387 Å². The second-order valence-corrected chi connectivity index (χ2v) is 23.3. The first kappa shape index (κ1) is 70.7. The van der Waals surface area contributed by atoms with Crippen LogP contribution in [0.5, 0.6) is 0 Å². The summed E-state index contributed by atoms with van der Waals surface area (Å²) in [5.41, 5.74) is 0. The Kier molecular flexibility index (Phi) is 61.1.